The Morgan fingerprint density at radius 1 is 0.967 bits per heavy atom. The average Bonchev–Trinajstić information content (AvgIpc) is 3.10. The molecular weight excluding hydrogens is 438 g/mol. The molecule has 0 saturated carbocycles. The Hall–Kier alpha value is -3.03. The molecule has 2 N–H and O–H groups in total. The third-order valence-corrected chi connectivity index (χ3v) is 5.04. The van der Waals surface area contributed by atoms with Gasteiger partial charge in [0.1, 0.15) is 5.82 Å². The Bertz CT molecular complexity index is 1230. The van der Waals surface area contributed by atoms with Crippen LogP contribution in [0.4, 0.5) is 18.9 Å². The molecule has 3 aromatic carbocycles. The highest BCUT2D eigenvalue weighted by atomic mass is 35.5. The van der Waals surface area contributed by atoms with Gasteiger partial charge < -0.3 is 10.3 Å². The third-order valence-electron chi connectivity index (χ3n) is 4.41. The number of nitrogens with zero attached hydrogens (tertiary/aromatic N) is 1. The second-order valence-corrected chi connectivity index (χ2v) is 7.26. The summed E-state index contributed by atoms with van der Waals surface area (Å²) in [5.41, 5.74) is 1.51. The lowest BCUT2D eigenvalue weighted by Crippen LogP contribution is -2.12. The van der Waals surface area contributed by atoms with Crippen LogP contribution >= 0.6 is 23.2 Å². The number of amides is 1. The van der Waals surface area contributed by atoms with Gasteiger partial charge in [-0.25, -0.2) is 4.98 Å². The van der Waals surface area contributed by atoms with Crippen molar-refractivity contribution in [3.05, 3.63) is 81.8 Å². The second kappa shape index (κ2) is 7.66. The number of carbonyl (C=O) groups excluding carboxylic acids is 1. The lowest BCUT2D eigenvalue weighted by molar-refractivity contribution is -0.137. The van der Waals surface area contributed by atoms with Crippen LogP contribution in [0.15, 0.2) is 60.7 Å². The molecule has 0 spiro atoms. The zero-order valence-corrected chi connectivity index (χ0v) is 16.5. The Morgan fingerprint density at radius 2 is 1.63 bits per heavy atom. The Morgan fingerprint density at radius 3 is 2.27 bits per heavy atom. The van der Waals surface area contributed by atoms with Crippen LogP contribution in [0.25, 0.3) is 22.4 Å². The summed E-state index contributed by atoms with van der Waals surface area (Å²) in [6.45, 7) is 0. The second-order valence-electron chi connectivity index (χ2n) is 6.44. The zero-order chi connectivity index (χ0) is 21.5. The third kappa shape index (κ3) is 3.99. The number of nitrogens with one attached hydrogen (secondary N) is 2. The van der Waals surface area contributed by atoms with E-state index in [4.69, 9.17) is 23.2 Å². The summed E-state index contributed by atoms with van der Waals surface area (Å²) in [6.07, 6.45) is -4.43. The number of H-pyrrole nitrogens is 1. The van der Waals surface area contributed by atoms with E-state index < -0.39 is 17.6 Å². The molecule has 4 rings (SSSR count). The standard InChI is InChI=1S/C21H12Cl2F3N3O/c22-14-2-1-3-15(23)18(14)19-28-16-9-4-11(10-17(16)29-19)20(30)27-13-7-5-12(6-8-13)21(24,25)26/h1-10H,(H,27,30)(H,28,29). The fourth-order valence-electron chi connectivity index (χ4n) is 2.94. The molecule has 0 atom stereocenters. The molecule has 0 aliphatic heterocycles. The van der Waals surface area contributed by atoms with E-state index in [-0.39, 0.29) is 5.69 Å². The first-order chi connectivity index (χ1) is 14.2. The van der Waals surface area contributed by atoms with E-state index in [9.17, 15) is 18.0 Å². The summed E-state index contributed by atoms with van der Waals surface area (Å²) in [5.74, 6) is -0.00974. The Kier molecular flexibility index (Phi) is 5.17. The summed E-state index contributed by atoms with van der Waals surface area (Å²) in [7, 11) is 0. The van der Waals surface area contributed by atoms with E-state index in [1.165, 1.54) is 12.1 Å². The summed E-state index contributed by atoms with van der Waals surface area (Å²) in [5, 5.41) is 3.44. The van der Waals surface area contributed by atoms with Crippen LogP contribution < -0.4 is 5.32 Å². The van der Waals surface area contributed by atoms with Crippen molar-refractivity contribution in [1.29, 1.82) is 0 Å². The molecule has 4 nitrogen and oxygen atoms in total. The molecule has 0 aliphatic carbocycles. The minimum atomic E-state index is -4.43. The summed E-state index contributed by atoms with van der Waals surface area (Å²) in [4.78, 5) is 20.1. The Labute approximate surface area is 178 Å². The number of rotatable bonds is 3. The average molecular weight is 450 g/mol. The summed E-state index contributed by atoms with van der Waals surface area (Å²) >= 11 is 12.4. The molecule has 1 aromatic heterocycles. The quantitative estimate of drug-likeness (QED) is 0.360. The fraction of sp³-hybridized carbons (Fsp3) is 0.0476. The normalized spacial score (nSPS) is 11.6. The van der Waals surface area contributed by atoms with Gasteiger partial charge in [0.25, 0.3) is 5.91 Å². The molecule has 0 aliphatic rings. The largest absolute Gasteiger partial charge is 0.416 e. The molecule has 30 heavy (non-hydrogen) atoms. The number of benzene rings is 3. The van der Waals surface area contributed by atoms with Gasteiger partial charge in [0.05, 0.1) is 32.2 Å². The van der Waals surface area contributed by atoms with Gasteiger partial charge in [-0.15, -0.1) is 0 Å². The van der Waals surface area contributed by atoms with Crippen molar-refractivity contribution < 1.29 is 18.0 Å². The van der Waals surface area contributed by atoms with Crippen LogP contribution in [-0.2, 0) is 6.18 Å². The van der Waals surface area contributed by atoms with Gasteiger partial charge in [0, 0.05) is 11.3 Å². The molecule has 0 unspecified atom stereocenters. The van der Waals surface area contributed by atoms with E-state index in [0.717, 1.165) is 12.1 Å². The van der Waals surface area contributed by atoms with E-state index in [0.29, 0.717) is 38.0 Å². The molecule has 1 heterocycles. The molecule has 1 amide bonds. The topological polar surface area (TPSA) is 57.8 Å². The van der Waals surface area contributed by atoms with E-state index >= 15 is 0 Å². The maximum atomic E-state index is 12.7. The highest BCUT2D eigenvalue weighted by Gasteiger charge is 2.30. The molecular formula is C21H12Cl2F3N3O. The zero-order valence-electron chi connectivity index (χ0n) is 15.0. The number of fused-ring (bicyclic) bond motifs is 1. The van der Waals surface area contributed by atoms with Crippen molar-refractivity contribution in [2.45, 2.75) is 6.18 Å². The van der Waals surface area contributed by atoms with Crippen LogP contribution in [0, 0.1) is 0 Å². The van der Waals surface area contributed by atoms with Gasteiger partial charge in [-0.2, -0.15) is 13.2 Å². The first-order valence-corrected chi connectivity index (χ1v) is 9.41. The first kappa shape index (κ1) is 20.3. The number of aromatic amines is 1. The number of anilines is 1. The summed E-state index contributed by atoms with van der Waals surface area (Å²) < 4.78 is 38.0. The van der Waals surface area contributed by atoms with Crippen LogP contribution in [0.5, 0.6) is 0 Å². The van der Waals surface area contributed by atoms with Crippen LogP contribution in [0.2, 0.25) is 10.0 Å². The number of aromatic nitrogens is 2. The number of hydrogen-bond donors (Lipinski definition) is 2. The van der Waals surface area contributed by atoms with Crippen molar-refractivity contribution in [2.24, 2.45) is 0 Å². The van der Waals surface area contributed by atoms with Crippen molar-refractivity contribution in [2.75, 3.05) is 5.32 Å². The van der Waals surface area contributed by atoms with Crippen molar-refractivity contribution in [3.63, 3.8) is 0 Å². The highest BCUT2D eigenvalue weighted by Crippen LogP contribution is 2.34. The summed E-state index contributed by atoms with van der Waals surface area (Å²) in [6, 6.07) is 14.1. The Balaban J connectivity index is 1.60. The SMILES string of the molecule is O=C(Nc1ccc(C(F)(F)F)cc1)c1ccc2nc(-c3c(Cl)cccc3Cl)[nH]c2c1. The highest BCUT2D eigenvalue weighted by molar-refractivity contribution is 6.39. The van der Waals surface area contributed by atoms with Crippen molar-refractivity contribution in [3.8, 4) is 11.4 Å². The van der Waals surface area contributed by atoms with Gasteiger partial charge in [0.2, 0.25) is 0 Å². The predicted molar refractivity (Wildman–Crippen MR) is 111 cm³/mol. The number of halogens is 5. The van der Waals surface area contributed by atoms with Crippen LogP contribution in [0.1, 0.15) is 15.9 Å². The van der Waals surface area contributed by atoms with Crippen LogP contribution in [0.3, 0.4) is 0 Å². The predicted octanol–water partition coefficient (Wildman–Crippen LogP) is 6.81. The minimum Gasteiger partial charge on any atom is -0.338 e. The number of alkyl halides is 3. The minimum absolute atomic E-state index is 0.251. The van der Waals surface area contributed by atoms with Gasteiger partial charge in [-0.1, -0.05) is 29.3 Å². The number of carbonyl (C=O) groups is 1. The fourth-order valence-corrected chi connectivity index (χ4v) is 3.52. The lowest BCUT2D eigenvalue weighted by atomic mass is 10.1. The maximum absolute atomic E-state index is 12.7. The van der Waals surface area contributed by atoms with Crippen LogP contribution in [-0.4, -0.2) is 15.9 Å². The van der Waals surface area contributed by atoms with Crippen molar-refractivity contribution in [1.82, 2.24) is 9.97 Å². The van der Waals surface area contributed by atoms with Gasteiger partial charge in [0.15, 0.2) is 0 Å². The molecule has 0 radical (unpaired) electrons. The smallest absolute Gasteiger partial charge is 0.338 e. The van der Waals surface area contributed by atoms with Gasteiger partial charge in [-0.3, -0.25) is 4.79 Å². The monoisotopic (exact) mass is 449 g/mol. The van der Waals surface area contributed by atoms with Gasteiger partial charge in [-0.05, 0) is 54.6 Å². The molecule has 4 aromatic rings. The van der Waals surface area contributed by atoms with E-state index in [1.54, 1.807) is 36.4 Å². The van der Waals surface area contributed by atoms with Gasteiger partial charge >= 0.3 is 6.18 Å². The number of hydrogen-bond acceptors (Lipinski definition) is 2. The maximum Gasteiger partial charge on any atom is 0.416 e. The molecule has 0 bridgehead atoms. The molecule has 9 heteroatoms. The lowest BCUT2D eigenvalue weighted by Gasteiger charge is -2.09. The molecule has 0 fully saturated rings. The first-order valence-electron chi connectivity index (χ1n) is 8.65. The molecule has 0 saturated heterocycles. The van der Waals surface area contributed by atoms with Crippen molar-refractivity contribution >= 4 is 45.8 Å². The number of imidazole rings is 1. The van der Waals surface area contributed by atoms with E-state index in [1.807, 2.05) is 0 Å². The van der Waals surface area contributed by atoms with E-state index in [2.05, 4.69) is 15.3 Å². The molecule has 152 valence electrons.